The Labute approximate surface area is 46.2 Å². The summed E-state index contributed by atoms with van der Waals surface area (Å²) in [6.07, 6.45) is 0. The summed E-state index contributed by atoms with van der Waals surface area (Å²) in [6, 6.07) is 0. The van der Waals surface area contributed by atoms with Gasteiger partial charge in [-0.2, -0.15) is 0 Å². The van der Waals surface area contributed by atoms with E-state index in [1.807, 2.05) is 0 Å². The molecule has 0 nitrogen and oxygen atoms in total. The molecule has 0 aliphatic heterocycles. The zero-order valence-electron chi connectivity index (χ0n) is 5.19. The van der Waals surface area contributed by atoms with Crippen LogP contribution in [0.3, 0.4) is 0 Å². The minimum atomic E-state index is -0.438. The second kappa shape index (κ2) is 4.06. The first-order valence-corrected chi connectivity index (χ1v) is 5.18. The summed E-state index contributed by atoms with van der Waals surface area (Å²) in [7, 11) is -0.438. The van der Waals surface area contributed by atoms with E-state index in [4.69, 9.17) is 0 Å². The monoisotopic (exact) mass is 120 g/mol. The molecule has 0 aliphatic carbocycles. The lowest BCUT2D eigenvalue weighted by Gasteiger charge is -1.95. The van der Waals surface area contributed by atoms with Gasteiger partial charge in [-0.25, -0.2) is 0 Å². The summed E-state index contributed by atoms with van der Waals surface area (Å²) in [5.74, 6) is 0. The SMILES string of the molecule is C=C(C)[SiH](C)C.F. The molecule has 0 bridgehead atoms. The van der Waals surface area contributed by atoms with E-state index in [1.54, 1.807) is 0 Å². The first-order chi connectivity index (χ1) is 2.64. The van der Waals surface area contributed by atoms with Crippen molar-refractivity contribution in [3.05, 3.63) is 11.8 Å². The standard InChI is InChI=1S/C5H12Si.FH/c1-5(2)6(3)4;/h6H,1H2,2-4H3;1H. The molecule has 0 aliphatic rings. The summed E-state index contributed by atoms with van der Waals surface area (Å²) in [5.41, 5.74) is 0. The van der Waals surface area contributed by atoms with Gasteiger partial charge >= 0.3 is 0 Å². The van der Waals surface area contributed by atoms with E-state index >= 15 is 0 Å². The highest BCUT2D eigenvalue weighted by Crippen LogP contribution is 1.91. The molecule has 0 aromatic rings. The molecule has 0 heterocycles. The maximum Gasteiger partial charge on any atom is 0.0584 e. The smallest absolute Gasteiger partial charge is 0.0584 e. The van der Waals surface area contributed by atoms with Crippen LogP contribution in [0.5, 0.6) is 0 Å². The van der Waals surface area contributed by atoms with Crippen LogP contribution in [0, 0.1) is 0 Å². The van der Waals surface area contributed by atoms with Gasteiger partial charge in [-0.15, -0.1) is 6.58 Å². The van der Waals surface area contributed by atoms with E-state index in [1.165, 1.54) is 5.20 Å². The third kappa shape index (κ3) is 5.89. The zero-order chi connectivity index (χ0) is 5.15. The van der Waals surface area contributed by atoms with Gasteiger partial charge in [0.15, 0.2) is 0 Å². The fraction of sp³-hybridized carbons (Fsp3) is 0.600. The van der Waals surface area contributed by atoms with Crippen molar-refractivity contribution in [1.29, 1.82) is 0 Å². The average Bonchev–Trinajstić information content (AvgIpc) is 1.36. The molecule has 7 heavy (non-hydrogen) atoms. The van der Waals surface area contributed by atoms with E-state index in [0.29, 0.717) is 0 Å². The number of hydrogen-bond acceptors (Lipinski definition) is 0. The van der Waals surface area contributed by atoms with E-state index in [9.17, 15) is 0 Å². The Balaban J connectivity index is 0. The Hall–Kier alpha value is -0.113. The van der Waals surface area contributed by atoms with Crippen molar-refractivity contribution < 1.29 is 4.70 Å². The molecule has 0 atom stereocenters. The fourth-order valence-corrected chi connectivity index (χ4v) is 0. The Morgan fingerprint density at radius 2 is 1.57 bits per heavy atom. The van der Waals surface area contributed by atoms with Crippen LogP contribution >= 0.6 is 0 Å². The second-order valence-corrected chi connectivity index (χ2v) is 5.30. The van der Waals surface area contributed by atoms with Crippen molar-refractivity contribution in [1.82, 2.24) is 0 Å². The predicted octanol–water partition coefficient (Wildman–Crippen LogP) is 1.74. The van der Waals surface area contributed by atoms with Gasteiger partial charge in [0, 0.05) is 0 Å². The molecule has 0 radical (unpaired) electrons. The van der Waals surface area contributed by atoms with Crippen LogP contribution in [0.15, 0.2) is 11.8 Å². The van der Waals surface area contributed by atoms with Crippen LogP contribution in [0.4, 0.5) is 4.70 Å². The van der Waals surface area contributed by atoms with Gasteiger partial charge < -0.3 is 0 Å². The molecule has 0 rings (SSSR count). The number of allylic oxidation sites excluding steroid dienone is 1. The van der Waals surface area contributed by atoms with Gasteiger partial charge in [0.2, 0.25) is 0 Å². The fourth-order valence-electron chi connectivity index (χ4n) is 0. The van der Waals surface area contributed by atoms with Crippen molar-refractivity contribution >= 4 is 8.80 Å². The highest BCUT2D eigenvalue weighted by atomic mass is 28.3. The minimum absolute atomic E-state index is 0. The lowest BCUT2D eigenvalue weighted by molar-refractivity contribution is 1.11. The molecule has 44 valence electrons. The van der Waals surface area contributed by atoms with Crippen molar-refractivity contribution in [2.45, 2.75) is 20.0 Å². The molecular weight excluding hydrogens is 107 g/mol. The van der Waals surface area contributed by atoms with Crippen LogP contribution < -0.4 is 0 Å². The molecule has 0 saturated carbocycles. The van der Waals surface area contributed by atoms with Crippen LogP contribution in [0.25, 0.3) is 0 Å². The lowest BCUT2D eigenvalue weighted by atomic mass is 10.8. The Morgan fingerprint density at radius 1 is 1.43 bits per heavy atom. The first kappa shape index (κ1) is 9.99. The van der Waals surface area contributed by atoms with Crippen molar-refractivity contribution in [2.75, 3.05) is 0 Å². The van der Waals surface area contributed by atoms with Crippen molar-refractivity contribution in [3.63, 3.8) is 0 Å². The van der Waals surface area contributed by atoms with E-state index in [-0.39, 0.29) is 4.70 Å². The van der Waals surface area contributed by atoms with Gasteiger partial charge in [-0.05, 0) is 6.92 Å². The number of rotatable bonds is 1. The second-order valence-electron chi connectivity index (χ2n) is 2.00. The van der Waals surface area contributed by atoms with E-state index in [0.717, 1.165) is 0 Å². The molecule has 0 amide bonds. The third-order valence-corrected chi connectivity index (χ3v) is 2.96. The van der Waals surface area contributed by atoms with Gasteiger partial charge in [0.1, 0.15) is 0 Å². The van der Waals surface area contributed by atoms with Crippen molar-refractivity contribution in [3.8, 4) is 0 Å². The maximum absolute atomic E-state index is 3.82. The molecule has 0 aromatic carbocycles. The van der Waals surface area contributed by atoms with Gasteiger partial charge in [-0.3, -0.25) is 4.70 Å². The van der Waals surface area contributed by atoms with Crippen LogP contribution in [0.2, 0.25) is 13.1 Å². The van der Waals surface area contributed by atoms with Gasteiger partial charge in [0.25, 0.3) is 0 Å². The largest absolute Gasteiger partial charge is 0.269 e. The van der Waals surface area contributed by atoms with E-state index in [2.05, 4.69) is 26.6 Å². The quantitative estimate of drug-likeness (QED) is 0.462. The molecule has 2 heteroatoms. The zero-order valence-corrected chi connectivity index (χ0v) is 6.35. The summed E-state index contributed by atoms with van der Waals surface area (Å²) >= 11 is 0. The van der Waals surface area contributed by atoms with Crippen molar-refractivity contribution in [2.24, 2.45) is 0 Å². The van der Waals surface area contributed by atoms with Crippen LogP contribution in [0.1, 0.15) is 6.92 Å². The lowest BCUT2D eigenvalue weighted by Crippen LogP contribution is -1.98. The highest BCUT2D eigenvalue weighted by Gasteiger charge is 1.90. The molecule has 0 unspecified atom stereocenters. The Kier molecular flexibility index (Phi) is 5.79. The Bertz CT molecular complexity index is 59.1. The van der Waals surface area contributed by atoms with Gasteiger partial charge in [0.05, 0.1) is 8.80 Å². The number of hydrogen-bond donors (Lipinski definition) is 0. The minimum Gasteiger partial charge on any atom is -0.269 e. The van der Waals surface area contributed by atoms with Gasteiger partial charge in [-0.1, -0.05) is 18.3 Å². The molecule has 0 N–H and O–H groups in total. The number of halogens is 1. The summed E-state index contributed by atoms with van der Waals surface area (Å²) in [5, 5.41) is 1.40. The molecular formula is C5H13FSi. The van der Waals surface area contributed by atoms with E-state index < -0.39 is 8.80 Å². The average molecular weight is 120 g/mol. The molecule has 0 fully saturated rings. The first-order valence-electron chi connectivity index (χ1n) is 2.30. The Morgan fingerprint density at radius 3 is 1.57 bits per heavy atom. The molecule has 0 aromatic heterocycles. The highest BCUT2D eigenvalue weighted by molar-refractivity contribution is 6.63. The normalized spacial score (nSPS) is 8.00. The van der Waals surface area contributed by atoms with Crippen LogP contribution in [-0.4, -0.2) is 8.80 Å². The molecule has 0 saturated heterocycles. The summed E-state index contributed by atoms with van der Waals surface area (Å²) in [4.78, 5) is 0. The summed E-state index contributed by atoms with van der Waals surface area (Å²) in [6.45, 7) is 10.5. The summed E-state index contributed by atoms with van der Waals surface area (Å²) < 4.78 is 0. The third-order valence-electron chi connectivity index (χ3n) is 0.986. The maximum atomic E-state index is 3.82. The topological polar surface area (TPSA) is 0 Å². The van der Waals surface area contributed by atoms with Crippen LogP contribution in [-0.2, 0) is 0 Å². The molecule has 0 spiro atoms. The predicted molar refractivity (Wildman–Crippen MR) is 36.2 cm³/mol.